The van der Waals surface area contributed by atoms with Crippen LogP contribution in [0.1, 0.15) is 25.3 Å². The fourth-order valence-electron chi connectivity index (χ4n) is 2.89. The smallest absolute Gasteiger partial charge is 0.191 e. The highest BCUT2D eigenvalue weighted by Crippen LogP contribution is 2.32. The van der Waals surface area contributed by atoms with E-state index in [0.29, 0.717) is 26.1 Å². The Bertz CT molecular complexity index is 531. The Morgan fingerprint density at radius 3 is 2.96 bits per heavy atom. The minimum atomic E-state index is -0.208. The van der Waals surface area contributed by atoms with Crippen molar-refractivity contribution in [2.75, 3.05) is 39.5 Å². The molecule has 24 heavy (non-hydrogen) atoms. The summed E-state index contributed by atoms with van der Waals surface area (Å²) >= 11 is 0. The van der Waals surface area contributed by atoms with E-state index >= 15 is 0 Å². The Morgan fingerprint density at radius 2 is 2.29 bits per heavy atom. The Balaban J connectivity index is 1.88. The molecule has 1 fully saturated rings. The molecule has 1 atom stereocenters. The summed E-state index contributed by atoms with van der Waals surface area (Å²) in [5.41, 5.74) is 0.902. The number of aliphatic hydroxyl groups is 1. The van der Waals surface area contributed by atoms with Crippen LogP contribution in [0.25, 0.3) is 0 Å². The molecule has 6 heteroatoms. The van der Waals surface area contributed by atoms with Gasteiger partial charge in [0, 0.05) is 31.7 Å². The molecule has 1 aromatic rings. The minimum absolute atomic E-state index is 0.0559. The second-order valence-electron chi connectivity index (χ2n) is 6.28. The van der Waals surface area contributed by atoms with Crippen LogP contribution in [0.4, 0.5) is 4.39 Å². The zero-order valence-corrected chi connectivity index (χ0v) is 14.4. The number of rotatable bonds is 8. The van der Waals surface area contributed by atoms with Crippen molar-refractivity contribution in [1.29, 1.82) is 0 Å². The van der Waals surface area contributed by atoms with E-state index in [0.717, 1.165) is 37.5 Å². The Hall–Kier alpha value is -1.66. The molecule has 3 N–H and O–H groups in total. The fourth-order valence-corrected chi connectivity index (χ4v) is 2.89. The summed E-state index contributed by atoms with van der Waals surface area (Å²) in [4.78, 5) is 4.66. The van der Waals surface area contributed by atoms with Gasteiger partial charge in [-0.3, -0.25) is 4.99 Å². The topological polar surface area (TPSA) is 65.9 Å². The maximum absolute atomic E-state index is 13.2. The number of hydrogen-bond acceptors (Lipinski definition) is 3. The van der Waals surface area contributed by atoms with Crippen molar-refractivity contribution in [1.82, 2.24) is 10.6 Å². The highest BCUT2D eigenvalue weighted by atomic mass is 19.1. The number of nitrogens with zero attached hydrogens (tertiary/aromatic N) is 1. The first-order valence-electron chi connectivity index (χ1n) is 8.63. The zero-order chi connectivity index (χ0) is 17.3. The van der Waals surface area contributed by atoms with Gasteiger partial charge in [0.1, 0.15) is 5.82 Å². The molecule has 0 bridgehead atoms. The van der Waals surface area contributed by atoms with Crippen molar-refractivity contribution in [3.8, 4) is 0 Å². The summed E-state index contributed by atoms with van der Waals surface area (Å²) in [6.07, 6.45) is 2.37. The number of hydrogen-bond donors (Lipinski definition) is 3. The molecule has 1 aliphatic rings. The molecule has 0 aromatic heterocycles. The van der Waals surface area contributed by atoms with Crippen LogP contribution in [0, 0.1) is 11.2 Å². The molecule has 0 radical (unpaired) electrons. The molecule has 1 saturated heterocycles. The van der Waals surface area contributed by atoms with Gasteiger partial charge in [0.15, 0.2) is 5.96 Å². The Kier molecular flexibility index (Phi) is 7.46. The average molecular weight is 337 g/mol. The predicted molar refractivity (Wildman–Crippen MR) is 93.7 cm³/mol. The summed E-state index contributed by atoms with van der Waals surface area (Å²) in [6.45, 7) is 5.64. The molecule has 0 spiro atoms. The number of ether oxygens (including phenoxy) is 1. The second kappa shape index (κ2) is 9.59. The molecule has 1 aromatic carbocycles. The van der Waals surface area contributed by atoms with Gasteiger partial charge < -0.3 is 20.5 Å². The van der Waals surface area contributed by atoms with Crippen molar-refractivity contribution >= 4 is 5.96 Å². The van der Waals surface area contributed by atoms with E-state index in [1.807, 2.05) is 13.0 Å². The SMILES string of the molecule is CCNC(=NCC1(CCO)CCOC1)NCCc1cccc(F)c1. The summed E-state index contributed by atoms with van der Waals surface area (Å²) in [6, 6.07) is 6.65. The van der Waals surface area contributed by atoms with Gasteiger partial charge in [-0.15, -0.1) is 0 Å². The summed E-state index contributed by atoms with van der Waals surface area (Å²) in [5.74, 6) is 0.540. The van der Waals surface area contributed by atoms with Gasteiger partial charge in [0.25, 0.3) is 0 Å². The molecule has 1 aliphatic heterocycles. The highest BCUT2D eigenvalue weighted by molar-refractivity contribution is 5.79. The monoisotopic (exact) mass is 337 g/mol. The van der Waals surface area contributed by atoms with Crippen LogP contribution in [0.5, 0.6) is 0 Å². The molecular formula is C18H28FN3O2. The normalized spacial score (nSPS) is 21.0. The fraction of sp³-hybridized carbons (Fsp3) is 0.611. The van der Waals surface area contributed by atoms with E-state index in [4.69, 9.17) is 4.74 Å². The quantitative estimate of drug-likeness (QED) is 0.499. The molecule has 1 unspecified atom stereocenters. The molecular weight excluding hydrogens is 309 g/mol. The number of benzene rings is 1. The van der Waals surface area contributed by atoms with Crippen LogP contribution >= 0.6 is 0 Å². The summed E-state index contributed by atoms with van der Waals surface area (Å²) in [7, 11) is 0. The lowest BCUT2D eigenvalue weighted by Gasteiger charge is -2.24. The van der Waals surface area contributed by atoms with Crippen LogP contribution in [0.15, 0.2) is 29.3 Å². The van der Waals surface area contributed by atoms with Gasteiger partial charge >= 0.3 is 0 Å². The number of aliphatic hydroxyl groups excluding tert-OH is 1. The predicted octanol–water partition coefficient (Wildman–Crippen LogP) is 1.71. The summed E-state index contributed by atoms with van der Waals surface area (Å²) < 4.78 is 18.7. The maximum Gasteiger partial charge on any atom is 0.191 e. The third-order valence-electron chi connectivity index (χ3n) is 4.34. The molecule has 0 saturated carbocycles. The minimum Gasteiger partial charge on any atom is -0.396 e. The molecule has 1 heterocycles. The standard InChI is InChI=1S/C18H28FN3O2/c1-2-20-17(21-9-6-15-4-3-5-16(19)12-15)22-13-18(7-10-23)8-11-24-14-18/h3-5,12,23H,2,6-11,13-14H2,1H3,(H2,20,21,22). The largest absolute Gasteiger partial charge is 0.396 e. The van der Waals surface area contributed by atoms with Crippen LogP contribution in [-0.4, -0.2) is 50.5 Å². The lowest BCUT2D eigenvalue weighted by molar-refractivity contribution is 0.131. The van der Waals surface area contributed by atoms with Gasteiger partial charge in [-0.2, -0.15) is 0 Å². The van der Waals surface area contributed by atoms with Crippen molar-refractivity contribution in [3.05, 3.63) is 35.6 Å². The number of aliphatic imine (C=N–C) groups is 1. The molecule has 0 amide bonds. The van der Waals surface area contributed by atoms with Gasteiger partial charge in [0.2, 0.25) is 0 Å². The van der Waals surface area contributed by atoms with Crippen LogP contribution < -0.4 is 10.6 Å². The number of guanidine groups is 1. The first kappa shape index (κ1) is 18.7. The lowest BCUT2D eigenvalue weighted by atomic mass is 9.84. The van der Waals surface area contributed by atoms with E-state index < -0.39 is 0 Å². The van der Waals surface area contributed by atoms with Crippen LogP contribution in [-0.2, 0) is 11.2 Å². The Morgan fingerprint density at radius 1 is 1.42 bits per heavy atom. The number of nitrogens with one attached hydrogen (secondary N) is 2. The van der Waals surface area contributed by atoms with Gasteiger partial charge in [-0.25, -0.2) is 4.39 Å². The van der Waals surface area contributed by atoms with Crippen molar-refractivity contribution < 1.29 is 14.2 Å². The Labute approximate surface area is 143 Å². The summed E-state index contributed by atoms with van der Waals surface area (Å²) in [5, 5.41) is 15.8. The van der Waals surface area contributed by atoms with Gasteiger partial charge in [-0.1, -0.05) is 12.1 Å². The van der Waals surface area contributed by atoms with Crippen molar-refractivity contribution in [2.24, 2.45) is 10.4 Å². The first-order valence-corrected chi connectivity index (χ1v) is 8.63. The van der Waals surface area contributed by atoms with E-state index in [1.165, 1.54) is 6.07 Å². The van der Waals surface area contributed by atoms with Crippen molar-refractivity contribution in [3.63, 3.8) is 0 Å². The maximum atomic E-state index is 13.2. The highest BCUT2D eigenvalue weighted by Gasteiger charge is 2.34. The lowest BCUT2D eigenvalue weighted by Crippen LogP contribution is -2.39. The third kappa shape index (κ3) is 5.76. The van der Waals surface area contributed by atoms with E-state index in [2.05, 4.69) is 15.6 Å². The molecule has 5 nitrogen and oxygen atoms in total. The van der Waals surface area contributed by atoms with E-state index in [9.17, 15) is 9.50 Å². The first-order chi connectivity index (χ1) is 11.7. The molecule has 2 rings (SSSR count). The third-order valence-corrected chi connectivity index (χ3v) is 4.34. The average Bonchev–Trinajstić information content (AvgIpc) is 3.02. The van der Waals surface area contributed by atoms with Gasteiger partial charge in [0.05, 0.1) is 13.2 Å². The van der Waals surface area contributed by atoms with Crippen LogP contribution in [0.3, 0.4) is 0 Å². The molecule has 134 valence electrons. The van der Waals surface area contributed by atoms with E-state index in [1.54, 1.807) is 12.1 Å². The van der Waals surface area contributed by atoms with E-state index in [-0.39, 0.29) is 17.8 Å². The molecule has 0 aliphatic carbocycles. The number of halogens is 1. The van der Waals surface area contributed by atoms with Crippen LogP contribution in [0.2, 0.25) is 0 Å². The second-order valence-corrected chi connectivity index (χ2v) is 6.28. The van der Waals surface area contributed by atoms with Crippen molar-refractivity contribution in [2.45, 2.75) is 26.2 Å². The van der Waals surface area contributed by atoms with Gasteiger partial charge in [-0.05, 0) is 43.9 Å². The zero-order valence-electron chi connectivity index (χ0n) is 14.4.